The summed E-state index contributed by atoms with van der Waals surface area (Å²) >= 11 is 0. The van der Waals surface area contributed by atoms with Gasteiger partial charge in [-0.25, -0.2) is 8.42 Å². The van der Waals surface area contributed by atoms with Crippen LogP contribution in [0, 0.1) is 0 Å². The summed E-state index contributed by atoms with van der Waals surface area (Å²) < 4.78 is 33.1. The smallest absolute Gasteiger partial charge is 0.744 e. The Balaban J connectivity index is 0.00000176. The van der Waals surface area contributed by atoms with E-state index < -0.39 is 10.1 Å². The summed E-state index contributed by atoms with van der Waals surface area (Å²) in [6, 6.07) is 16.6. The van der Waals surface area contributed by atoms with Gasteiger partial charge < -0.3 is 9.66 Å². The monoisotopic (exact) mass is 322 g/mol. The molecule has 0 saturated carbocycles. The first-order valence-electron chi connectivity index (χ1n) is 6.23. The minimum absolute atomic E-state index is 0. The summed E-state index contributed by atoms with van der Waals surface area (Å²) in [6.07, 6.45) is 0. The molecule has 0 bridgehead atoms. The maximum absolute atomic E-state index is 11.0. The summed E-state index contributed by atoms with van der Waals surface area (Å²) in [5, 5.41) is 10.8. The van der Waals surface area contributed by atoms with Crippen LogP contribution in [0.4, 0.5) is 0 Å². The Morgan fingerprint density at radius 2 is 1.32 bits per heavy atom. The van der Waals surface area contributed by atoms with Crippen molar-refractivity contribution in [3.05, 3.63) is 60.7 Å². The number of phenols is 1. The van der Waals surface area contributed by atoms with E-state index in [0.29, 0.717) is 5.39 Å². The SMILES string of the molecule is O=S(=O)([O-])c1ccc2cc(-c3ccc(O)cc3)ccc2c1.[Na+]. The van der Waals surface area contributed by atoms with Crippen LogP contribution in [-0.4, -0.2) is 18.1 Å². The zero-order valence-electron chi connectivity index (χ0n) is 11.9. The van der Waals surface area contributed by atoms with Gasteiger partial charge in [-0.3, -0.25) is 0 Å². The molecule has 106 valence electrons. The molecular formula is C16H11NaO4S. The van der Waals surface area contributed by atoms with Crippen LogP contribution in [0.5, 0.6) is 5.75 Å². The Bertz CT molecular complexity index is 919. The fourth-order valence-corrected chi connectivity index (χ4v) is 2.72. The van der Waals surface area contributed by atoms with Gasteiger partial charge in [-0.1, -0.05) is 30.3 Å². The third-order valence-electron chi connectivity index (χ3n) is 3.30. The first-order valence-corrected chi connectivity index (χ1v) is 7.63. The Morgan fingerprint density at radius 1 is 0.773 bits per heavy atom. The van der Waals surface area contributed by atoms with E-state index in [-0.39, 0.29) is 40.2 Å². The third kappa shape index (κ3) is 3.51. The van der Waals surface area contributed by atoms with Crippen molar-refractivity contribution in [1.29, 1.82) is 0 Å². The molecule has 3 rings (SSSR count). The summed E-state index contributed by atoms with van der Waals surface area (Å²) in [5.41, 5.74) is 1.88. The van der Waals surface area contributed by atoms with E-state index >= 15 is 0 Å². The van der Waals surface area contributed by atoms with Crippen LogP contribution in [0.25, 0.3) is 21.9 Å². The number of hydrogen-bond donors (Lipinski definition) is 1. The number of phenolic OH excluding ortho intramolecular Hbond substituents is 1. The van der Waals surface area contributed by atoms with E-state index in [9.17, 15) is 18.1 Å². The average Bonchev–Trinajstić information content (AvgIpc) is 2.46. The molecule has 0 aromatic heterocycles. The number of rotatable bonds is 2. The van der Waals surface area contributed by atoms with E-state index in [0.717, 1.165) is 16.5 Å². The van der Waals surface area contributed by atoms with Crippen LogP contribution < -0.4 is 29.6 Å². The van der Waals surface area contributed by atoms with Crippen LogP contribution in [-0.2, 0) is 10.1 Å². The van der Waals surface area contributed by atoms with Crippen molar-refractivity contribution in [2.45, 2.75) is 4.90 Å². The van der Waals surface area contributed by atoms with Gasteiger partial charge in [0, 0.05) is 0 Å². The van der Waals surface area contributed by atoms with E-state index in [1.165, 1.54) is 12.1 Å². The Hall–Kier alpha value is -1.37. The Morgan fingerprint density at radius 3 is 1.95 bits per heavy atom. The van der Waals surface area contributed by atoms with Crippen molar-refractivity contribution < 1.29 is 47.6 Å². The van der Waals surface area contributed by atoms with Crippen molar-refractivity contribution >= 4 is 20.9 Å². The topological polar surface area (TPSA) is 77.4 Å². The quantitative estimate of drug-likeness (QED) is 0.537. The van der Waals surface area contributed by atoms with Gasteiger partial charge in [0.05, 0.1) is 4.90 Å². The summed E-state index contributed by atoms with van der Waals surface area (Å²) in [5.74, 6) is 0.199. The first kappa shape index (κ1) is 17.0. The second kappa shape index (κ2) is 6.40. The molecule has 0 atom stereocenters. The van der Waals surface area contributed by atoms with Crippen molar-refractivity contribution in [2.24, 2.45) is 0 Å². The van der Waals surface area contributed by atoms with Crippen LogP contribution in [0.3, 0.4) is 0 Å². The third-order valence-corrected chi connectivity index (χ3v) is 4.13. The van der Waals surface area contributed by atoms with E-state index in [4.69, 9.17) is 0 Å². The van der Waals surface area contributed by atoms with Gasteiger partial charge in [-0.15, -0.1) is 0 Å². The van der Waals surface area contributed by atoms with Gasteiger partial charge in [0.2, 0.25) is 0 Å². The second-order valence-electron chi connectivity index (χ2n) is 4.72. The molecular weight excluding hydrogens is 311 g/mol. The molecule has 0 amide bonds. The number of fused-ring (bicyclic) bond motifs is 1. The zero-order valence-corrected chi connectivity index (χ0v) is 14.7. The predicted octanol–water partition coefficient (Wildman–Crippen LogP) is 0.121. The van der Waals surface area contributed by atoms with E-state index in [2.05, 4.69) is 0 Å². The molecule has 0 saturated heterocycles. The Labute approximate surface area is 150 Å². The molecule has 0 spiro atoms. The molecule has 3 aromatic rings. The van der Waals surface area contributed by atoms with Crippen LogP contribution in [0.2, 0.25) is 0 Å². The molecule has 0 aliphatic heterocycles. The summed E-state index contributed by atoms with van der Waals surface area (Å²) in [4.78, 5) is -0.229. The van der Waals surface area contributed by atoms with Crippen molar-refractivity contribution in [2.75, 3.05) is 0 Å². The van der Waals surface area contributed by atoms with Crippen LogP contribution in [0.15, 0.2) is 65.6 Å². The van der Waals surface area contributed by atoms with Gasteiger partial charge >= 0.3 is 29.6 Å². The first-order chi connectivity index (χ1) is 9.93. The number of hydrogen-bond acceptors (Lipinski definition) is 4. The van der Waals surface area contributed by atoms with Gasteiger partial charge in [-0.2, -0.15) is 0 Å². The summed E-state index contributed by atoms with van der Waals surface area (Å²) in [6.45, 7) is 0. The Kier molecular flexibility index (Phi) is 4.94. The maximum Gasteiger partial charge on any atom is 1.00 e. The fraction of sp³-hybridized carbons (Fsp3) is 0. The van der Waals surface area contributed by atoms with Crippen molar-refractivity contribution in [3.8, 4) is 16.9 Å². The molecule has 6 heteroatoms. The van der Waals surface area contributed by atoms with Gasteiger partial charge in [-0.05, 0) is 52.2 Å². The maximum atomic E-state index is 11.0. The molecule has 0 aliphatic rings. The molecule has 0 aliphatic carbocycles. The summed E-state index contributed by atoms with van der Waals surface area (Å²) in [7, 11) is -4.44. The van der Waals surface area contributed by atoms with Gasteiger partial charge in [0.1, 0.15) is 15.9 Å². The molecule has 3 aromatic carbocycles. The number of benzene rings is 3. The minimum atomic E-state index is -4.44. The number of aromatic hydroxyl groups is 1. The average molecular weight is 322 g/mol. The van der Waals surface area contributed by atoms with E-state index in [1.807, 2.05) is 12.1 Å². The molecule has 1 N–H and O–H groups in total. The van der Waals surface area contributed by atoms with E-state index in [1.54, 1.807) is 36.4 Å². The predicted molar refractivity (Wildman–Crippen MR) is 79.0 cm³/mol. The molecule has 4 nitrogen and oxygen atoms in total. The normalized spacial score (nSPS) is 11.1. The minimum Gasteiger partial charge on any atom is -0.744 e. The molecule has 0 heterocycles. The van der Waals surface area contributed by atoms with Crippen molar-refractivity contribution in [3.63, 3.8) is 0 Å². The molecule has 22 heavy (non-hydrogen) atoms. The fourth-order valence-electron chi connectivity index (χ4n) is 2.21. The molecule has 0 unspecified atom stereocenters. The molecule has 0 radical (unpaired) electrons. The second-order valence-corrected chi connectivity index (χ2v) is 6.10. The van der Waals surface area contributed by atoms with Crippen LogP contribution >= 0.6 is 0 Å². The largest absolute Gasteiger partial charge is 1.00 e. The zero-order chi connectivity index (χ0) is 15.0. The standard InChI is InChI=1S/C16H12O4S.Na/c17-15-6-3-11(4-7-15)12-1-2-14-10-16(21(18,19)20)8-5-13(14)9-12;/h1-10,17H,(H,18,19,20);/q;+1/p-1. The molecule has 0 fully saturated rings. The van der Waals surface area contributed by atoms with Gasteiger partial charge in [0.25, 0.3) is 0 Å². The van der Waals surface area contributed by atoms with Gasteiger partial charge in [0.15, 0.2) is 0 Å². The van der Waals surface area contributed by atoms with Crippen molar-refractivity contribution in [1.82, 2.24) is 0 Å². The van der Waals surface area contributed by atoms with Crippen LogP contribution in [0.1, 0.15) is 0 Å².